The van der Waals surface area contributed by atoms with Gasteiger partial charge in [0.1, 0.15) is 5.75 Å². The maximum absolute atomic E-state index is 6.07. The van der Waals surface area contributed by atoms with E-state index in [1.54, 1.807) is 13.2 Å². The Morgan fingerprint density at radius 2 is 1.47 bits per heavy atom. The SMILES string of the molecule is COc1ccc(-c2cc(Cl)cc(Cl)c2)cc1Cl. The summed E-state index contributed by atoms with van der Waals surface area (Å²) in [4.78, 5) is 0. The van der Waals surface area contributed by atoms with Crippen LogP contribution >= 0.6 is 34.8 Å². The molecule has 0 bridgehead atoms. The van der Waals surface area contributed by atoms with Crippen LogP contribution in [0.4, 0.5) is 0 Å². The van der Waals surface area contributed by atoms with Crippen LogP contribution in [0, 0.1) is 0 Å². The quantitative estimate of drug-likeness (QED) is 0.726. The molecule has 0 saturated carbocycles. The van der Waals surface area contributed by atoms with Gasteiger partial charge in [-0.25, -0.2) is 0 Å². The monoisotopic (exact) mass is 286 g/mol. The highest BCUT2D eigenvalue weighted by Gasteiger charge is 2.05. The summed E-state index contributed by atoms with van der Waals surface area (Å²) in [6.07, 6.45) is 0. The van der Waals surface area contributed by atoms with Crippen LogP contribution in [0.5, 0.6) is 5.75 Å². The average Bonchev–Trinajstić information content (AvgIpc) is 2.27. The topological polar surface area (TPSA) is 9.23 Å². The second-order valence-electron chi connectivity index (χ2n) is 3.51. The lowest BCUT2D eigenvalue weighted by Gasteiger charge is -2.07. The fourth-order valence-electron chi connectivity index (χ4n) is 1.57. The van der Waals surface area contributed by atoms with Crippen LogP contribution in [0.1, 0.15) is 0 Å². The molecule has 0 heterocycles. The Kier molecular flexibility index (Phi) is 3.82. The van der Waals surface area contributed by atoms with E-state index < -0.39 is 0 Å². The third-order valence-corrected chi connectivity index (χ3v) is 3.08. The second-order valence-corrected chi connectivity index (χ2v) is 4.79. The maximum Gasteiger partial charge on any atom is 0.137 e. The van der Waals surface area contributed by atoms with Gasteiger partial charge in [0, 0.05) is 10.0 Å². The minimum atomic E-state index is 0.557. The molecule has 0 aliphatic rings. The number of rotatable bonds is 2. The third kappa shape index (κ3) is 2.86. The van der Waals surface area contributed by atoms with Gasteiger partial charge in [0.15, 0.2) is 0 Å². The molecule has 0 aliphatic heterocycles. The van der Waals surface area contributed by atoms with Crippen molar-refractivity contribution in [1.29, 1.82) is 0 Å². The summed E-state index contributed by atoms with van der Waals surface area (Å²) in [5.41, 5.74) is 1.87. The van der Waals surface area contributed by atoms with Crippen LogP contribution in [-0.2, 0) is 0 Å². The highest BCUT2D eigenvalue weighted by atomic mass is 35.5. The Labute approximate surface area is 115 Å². The molecule has 0 saturated heterocycles. The van der Waals surface area contributed by atoms with Crippen molar-refractivity contribution in [2.45, 2.75) is 0 Å². The molecule has 1 nitrogen and oxygen atoms in total. The number of benzene rings is 2. The molecule has 0 amide bonds. The number of methoxy groups -OCH3 is 1. The molecular formula is C13H9Cl3O. The van der Waals surface area contributed by atoms with E-state index in [2.05, 4.69) is 0 Å². The van der Waals surface area contributed by atoms with E-state index in [4.69, 9.17) is 39.5 Å². The first-order valence-corrected chi connectivity index (χ1v) is 6.03. The van der Waals surface area contributed by atoms with Crippen LogP contribution < -0.4 is 4.74 Å². The molecule has 2 aromatic rings. The van der Waals surface area contributed by atoms with Gasteiger partial charge in [-0.3, -0.25) is 0 Å². The van der Waals surface area contributed by atoms with E-state index in [0.717, 1.165) is 11.1 Å². The lowest BCUT2D eigenvalue weighted by atomic mass is 10.1. The lowest BCUT2D eigenvalue weighted by molar-refractivity contribution is 0.415. The lowest BCUT2D eigenvalue weighted by Crippen LogP contribution is -1.85. The van der Waals surface area contributed by atoms with Crippen molar-refractivity contribution >= 4 is 34.8 Å². The molecule has 0 N–H and O–H groups in total. The second kappa shape index (κ2) is 5.18. The van der Waals surface area contributed by atoms with Gasteiger partial charge in [-0.15, -0.1) is 0 Å². The van der Waals surface area contributed by atoms with Crippen LogP contribution in [0.25, 0.3) is 11.1 Å². The van der Waals surface area contributed by atoms with Crippen LogP contribution in [0.2, 0.25) is 15.1 Å². The number of hydrogen-bond donors (Lipinski definition) is 0. The van der Waals surface area contributed by atoms with E-state index in [9.17, 15) is 0 Å². The molecule has 17 heavy (non-hydrogen) atoms. The normalized spacial score (nSPS) is 10.4. The zero-order valence-corrected chi connectivity index (χ0v) is 11.3. The zero-order chi connectivity index (χ0) is 12.4. The van der Waals surface area contributed by atoms with Gasteiger partial charge in [-0.2, -0.15) is 0 Å². The molecular weight excluding hydrogens is 279 g/mol. The van der Waals surface area contributed by atoms with Crippen molar-refractivity contribution in [3.8, 4) is 16.9 Å². The number of halogens is 3. The van der Waals surface area contributed by atoms with Crippen molar-refractivity contribution in [1.82, 2.24) is 0 Å². The Bertz CT molecular complexity index is 532. The Morgan fingerprint density at radius 3 is 2.00 bits per heavy atom. The van der Waals surface area contributed by atoms with Gasteiger partial charge in [-0.1, -0.05) is 40.9 Å². The number of ether oxygens (including phenoxy) is 1. The largest absolute Gasteiger partial charge is 0.495 e. The first-order chi connectivity index (χ1) is 8.10. The van der Waals surface area contributed by atoms with Crippen LogP contribution in [0.15, 0.2) is 36.4 Å². The van der Waals surface area contributed by atoms with Crippen molar-refractivity contribution in [3.05, 3.63) is 51.5 Å². The molecule has 0 unspecified atom stereocenters. The molecule has 88 valence electrons. The van der Waals surface area contributed by atoms with Gasteiger partial charge < -0.3 is 4.74 Å². The van der Waals surface area contributed by atoms with Gasteiger partial charge in [-0.05, 0) is 41.5 Å². The predicted octanol–water partition coefficient (Wildman–Crippen LogP) is 5.32. The van der Waals surface area contributed by atoms with E-state index >= 15 is 0 Å². The maximum atomic E-state index is 6.07. The Balaban J connectivity index is 2.49. The molecule has 0 spiro atoms. The summed E-state index contributed by atoms with van der Waals surface area (Å²) < 4.78 is 5.10. The van der Waals surface area contributed by atoms with E-state index in [0.29, 0.717) is 20.8 Å². The molecule has 0 radical (unpaired) electrons. The van der Waals surface area contributed by atoms with Crippen molar-refractivity contribution in [3.63, 3.8) is 0 Å². The summed E-state index contributed by atoms with van der Waals surface area (Å²) in [6.45, 7) is 0. The number of hydrogen-bond acceptors (Lipinski definition) is 1. The average molecular weight is 288 g/mol. The van der Waals surface area contributed by atoms with E-state index in [1.807, 2.05) is 30.3 Å². The van der Waals surface area contributed by atoms with Gasteiger partial charge in [0.2, 0.25) is 0 Å². The van der Waals surface area contributed by atoms with Crippen LogP contribution in [0.3, 0.4) is 0 Å². The standard InChI is InChI=1S/C13H9Cl3O/c1-17-13-3-2-8(6-12(13)16)9-4-10(14)7-11(15)5-9/h2-7H,1H3. The van der Waals surface area contributed by atoms with Crippen molar-refractivity contribution in [2.24, 2.45) is 0 Å². The summed E-state index contributed by atoms with van der Waals surface area (Å²) in [5, 5.41) is 1.75. The fraction of sp³-hybridized carbons (Fsp3) is 0.0769. The third-order valence-electron chi connectivity index (χ3n) is 2.35. The highest BCUT2D eigenvalue weighted by molar-refractivity contribution is 6.35. The first-order valence-electron chi connectivity index (χ1n) is 4.90. The summed E-state index contributed by atoms with van der Waals surface area (Å²) >= 11 is 18.0. The van der Waals surface area contributed by atoms with Crippen LogP contribution in [-0.4, -0.2) is 7.11 Å². The zero-order valence-electron chi connectivity index (χ0n) is 9.01. The van der Waals surface area contributed by atoms with Crippen molar-refractivity contribution in [2.75, 3.05) is 7.11 Å². The molecule has 2 rings (SSSR count). The summed E-state index contributed by atoms with van der Waals surface area (Å²) in [5.74, 6) is 0.642. The predicted molar refractivity (Wildman–Crippen MR) is 73.5 cm³/mol. The smallest absolute Gasteiger partial charge is 0.137 e. The molecule has 0 aliphatic carbocycles. The summed E-state index contributed by atoms with van der Waals surface area (Å²) in [7, 11) is 1.58. The molecule has 4 heteroatoms. The molecule has 0 fully saturated rings. The molecule has 0 atom stereocenters. The highest BCUT2D eigenvalue weighted by Crippen LogP contribution is 2.32. The Hall–Kier alpha value is -0.890. The van der Waals surface area contributed by atoms with Gasteiger partial charge in [0.05, 0.1) is 12.1 Å². The fourth-order valence-corrected chi connectivity index (χ4v) is 2.35. The van der Waals surface area contributed by atoms with Gasteiger partial charge in [0.25, 0.3) is 0 Å². The van der Waals surface area contributed by atoms with E-state index in [-0.39, 0.29) is 0 Å². The minimum absolute atomic E-state index is 0.557. The van der Waals surface area contributed by atoms with E-state index in [1.165, 1.54) is 0 Å². The van der Waals surface area contributed by atoms with Gasteiger partial charge >= 0.3 is 0 Å². The Morgan fingerprint density at radius 1 is 0.824 bits per heavy atom. The molecule has 2 aromatic carbocycles. The minimum Gasteiger partial charge on any atom is -0.495 e. The summed E-state index contributed by atoms with van der Waals surface area (Å²) in [6, 6.07) is 10.9. The first kappa shape index (κ1) is 12.6. The molecule has 0 aromatic heterocycles. The van der Waals surface area contributed by atoms with Crippen molar-refractivity contribution < 1.29 is 4.74 Å².